The molecule has 0 radical (unpaired) electrons. The molecule has 0 amide bonds. The molecule has 0 bridgehead atoms. The molecule has 5 nitrogen and oxygen atoms in total. The van der Waals surface area contributed by atoms with Crippen LogP contribution in [0.3, 0.4) is 0 Å². The first-order valence-electron chi connectivity index (χ1n) is 16.0. The maximum atomic E-state index is 8.35. The molecule has 0 aliphatic carbocycles. The van der Waals surface area contributed by atoms with Crippen LogP contribution >= 0.6 is 0 Å². The molecule has 5 heteroatoms. The maximum Gasteiger partial charge on any atom is 0.231 e. The van der Waals surface area contributed by atoms with E-state index < -0.39 is 0 Å². The molecule has 0 saturated carbocycles. The highest BCUT2D eigenvalue weighted by molar-refractivity contribution is 5.26. The van der Waals surface area contributed by atoms with Crippen molar-refractivity contribution >= 4 is 6.08 Å². The van der Waals surface area contributed by atoms with Gasteiger partial charge in [-0.2, -0.15) is 0 Å². The zero-order chi connectivity index (χ0) is 28.3. The van der Waals surface area contributed by atoms with Gasteiger partial charge < -0.3 is 14.2 Å². The second-order valence-electron chi connectivity index (χ2n) is 9.94. The van der Waals surface area contributed by atoms with Gasteiger partial charge in [-0.15, -0.1) is 0 Å². The van der Waals surface area contributed by atoms with Crippen LogP contribution in [-0.4, -0.2) is 38.3 Å². The minimum atomic E-state index is -0.388. The maximum absolute atomic E-state index is 8.35. The highest BCUT2D eigenvalue weighted by atomic mass is 16.7. The number of hydrogen-bond acceptors (Lipinski definition) is 5. The van der Waals surface area contributed by atoms with Gasteiger partial charge in [0.25, 0.3) is 0 Å². The lowest BCUT2D eigenvalue weighted by Gasteiger charge is -2.33. The fourth-order valence-corrected chi connectivity index (χ4v) is 4.33. The molecule has 0 spiro atoms. The summed E-state index contributed by atoms with van der Waals surface area (Å²) < 4.78 is 17.8. The number of hydrogen-bond donors (Lipinski definition) is 1. The number of nitrogens with one attached hydrogen (secondary N) is 1. The van der Waals surface area contributed by atoms with E-state index in [4.69, 9.17) is 24.4 Å². The van der Waals surface area contributed by atoms with Gasteiger partial charge in [0, 0.05) is 39.3 Å². The van der Waals surface area contributed by atoms with Crippen LogP contribution in [0.1, 0.15) is 170 Å². The molecule has 0 heterocycles. The fraction of sp³-hybridized carbons (Fsp3) is 0.969. The van der Waals surface area contributed by atoms with E-state index in [-0.39, 0.29) is 5.79 Å². The molecule has 0 rings (SSSR count). The van der Waals surface area contributed by atoms with E-state index in [0.29, 0.717) is 13.2 Å². The summed E-state index contributed by atoms with van der Waals surface area (Å²) in [7, 11) is 0. The molecule has 0 aromatic carbocycles. The summed E-state index contributed by atoms with van der Waals surface area (Å²) in [5.41, 5.74) is 0. The molecule has 0 atom stereocenters. The monoisotopic (exact) mass is 530 g/mol. The summed E-state index contributed by atoms with van der Waals surface area (Å²) in [4.78, 5) is 8.35. The summed E-state index contributed by atoms with van der Waals surface area (Å²) in [6.45, 7) is 16.3. The molecule has 0 fully saturated rings. The molecule has 0 aliphatic rings. The van der Waals surface area contributed by atoms with Gasteiger partial charge in [-0.1, -0.05) is 124 Å². The summed E-state index contributed by atoms with van der Waals surface area (Å²) in [5, 5.41) is 5.40. The summed E-state index contributed by atoms with van der Waals surface area (Å²) >= 11 is 0. The normalized spacial score (nSPS) is 10.8. The zero-order valence-electron chi connectivity index (χ0n) is 26.1. The molecular weight excluding hydrogens is 462 g/mol. The van der Waals surface area contributed by atoms with Crippen molar-refractivity contribution in [1.29, 1.82) is 5.41 Å². The minimum absolute atomic E-state index is 0.388. The summed E-state index contributed by atoms with van der Waals surface area (Å²) in [6, 6.07) is 0. The van der Waals surface area contributed by atoms with Crippen LogP contribution in [-0.2, 0) is 19.0 Å². The van der Waals surface area contributed by atoms with Gasteiger partial charge in [0.1, 0.15) is 0 Å². The van der Waals surface area contributed by atoms with E-state index in [2.05, 4.69) is 41.5 Å². The number of carbonyl (C=O) groups excluding carboxylic acids is 1. The van der Waals surface area contributed by atoms with E-state index in [1.807, 2.05) is 0 Å². The third-order valence-electron chi connectivity index (χ3n) is 6.42. The Balaban J connectivity index is -0.000000735. The second kappa shape index (κ2) is 37.4. The SMILES string of the molecule is CCCCCCCCCC.CCCCCCCCCC(CCCOCCCC)(OCC)OCC.N=C=O. The number of isocyanates is 1. The Morgan fingerprint density at radius 2 is 0.838 bits per heavy atom. The first-order valence-corrected chi connectivity index (χ1v) is 16.0. The van der Waals surface area contributed by atoms with Crippen LogP contribution < -0.4 is 0 Å². The van der Waals surface area contributed by atoms with Gasteiger partial charge in [-0.05, 0) is 33.1 Å². The number of rotatable bonds is 26. The standard InChI is InChI=1S/C21H44O3.C10H22.CHNO/c1-5-9-11-12-13-14-15-17-21(23-7-3,24-8-4)18-16-20-22-19-10-6-2;1-3-5-7-9-10-8-6-4-2;2-1-3/h5-20H2,1-4H3;3-10H2,1-2H3;2H. The molecule has 0 aromatic heterocycles. The predicted octanol–water partition coefficient (Wildman–Crippen LogP) is 10.5. The van der Waals surface area contributed by atoms with Gasteiger partial charge in [0.2, 0.25) is 6.08 Å². The average Bonchev–Trinajstić information content (AvgIpc) is 2.89. The minimum Gasteiger partial charge on any atom is -0.381 e. The Bertz CT molecular complexity index is 411. The average molecular weight is 530 g/mol. The van der Waals surface area contributed by atoms with Crippen LogP contribution in [0.2, 0.25) is 0 Å². The lowest BCUT2D eigenvalue weighted by molar-refractivity contribution is -0.242. The van der Waals surface area contributed by atoms with E-state index >= 15 is 0 Å². The predicted molar refractivity (Wildman–Crippen MR) is 160 cm³/mol. The zero-order valence-corrected chi connectivity index (χ0v) is 26.1. The van der Waals surface area contributed by atoms with Crippen molar-refractivity contribution in [3.05, 3.63) is 0 Å². The Morgan fingerprint density at radius 1 is 0.514 bits per heavy atom. The van der Waals surface area contributed by atoms with E-state index in [1.165, 1.54) is 103 Å². The van der Waals surface area contributed by atoms with Crippen LogP contribution in [0.25, 0.3) is 0 Å². The van der Waals surface area contributed by atoms with Gasteiger partial charge in [-0.3, -0.25) is 0 Å². The highest BCUT2D eigenvalue weighted by Gasteiger charge is 2.30. The van der Waals surface area contributed by atoms with Gasteiger partial charge in [-0.25, -0.2) is 10.2 Å². The third kappa shape index (κ3) is 35.3. The molecule has 1 N–H and O–H groups in total. The van der Waals surface area contributed by atoms with E-state index in [0.717, 1.165) is 45.0 Å². The molecule has 0 aromatic rings. The summed E-state index contributed by atoms with van der Waals surface area (Å²) in [5.74, 6) is -0.388. The van der Waals surface area contributed by atoms with Crippen molar-refractivity contribution in [3.8, 4) is 0 Å². The largest absolute Gasteiger partial charge is 0.381 e. The van der Waals surface area contributed by atoms with Crippen molar-refractivity contribution in [3.63, 3.8) is 0 Å². The fourth-order valence-electron chi connectivity index (χ4n) is 4.33. The number of ether oxygens (including phenoxy) is 3. The van der Waals surface area contributed by atoms with Crippen LogP contribution in [0.4, 0.5) is 0 Å². The van der Waals surface area contributed by atoms with Gasteiger partial charge in [0.05, 0.1) is 0 Å². The Labute approximate surface area is 232 Å². The molecule has 224 valence electrons. The molecule has 0 saturated heterocycles. The van der Waals surface area contributed by atoms with Crippen LogP contribution in [0.5, 0.6) is 0 Å². The first-order chi connectivity index (χ1) is 18.1. The number of unbranched alkanes of at least 4 members (excludes halogenated alkanes) is 14. The highest BCUT2D eigenvalue weighted by Crippen LogP contribution is 2.27. The molecule has 37 heavy (non-hydrogen) atoms. The van der Waals surface area contributed by atoms with Gasteiger partial charge >= 0.3 is 0 Å². The van der Waals surface area contributed by atoms with E-state index in [9.17, 15) is 0 Å². The van der Waals surface area contributed by atoms with Crippen molar-refractivity contribution in [2.75, 3.05) is 26.4 Å². The van der Waals surface area contributed by atoms with Crippen LogP contribution in [0, 0.1) is 5.41 Å². The lowest BCUT2D eigenvalue weighted by Crippen LogP contribution is -2.36. The van der Waals surface area contributed by atoms with Crippen molar-refractivity contribution in [2.24, 2.45) is 0 Å². The van der Waals surface area contributed by atoms with Crippen molar-refractivity contribution in [1.82, 2.24) is 0 Å². The van der Waals surface area contributed by atoms with Gasteiger partial charge in [0.15, 0.2) is 5.79 Å². The third-order valence-corrected chi connectivity index (χ3v) is 6.42. The summed E-state index contributed by atoms with van der Waals surface area (Å²) in [6.07, 6.45) is 26.8. The van der Waals surface area contributed by atoms with Crippen molar-refractivity contribution in [2.45, 2.75) is 176 Å². The molecule has 0 aliphatic heterocycles. The Morgan fingerprint density at radius 3 is 1.22 bits per heavy atom. The Hall–Kier alpha value is -0.740. The lowest BCUT2D eigenvalue weighted by atomic mass is 10.0. The van der Waals surface area contributed by atoms with Crippen LogP contribution in [0.15, 0.2) is 0 Å². The first kappa shape index (κ1) is 40.8. The Kier molecular flexibility index (Phi) is 41.2. The van der Waals surface area contributed by atoms with Crippen molar-refractivity contribution < 1.29 is 19.0 Å². The molecule has 0 unspecified atom stereocenters. The molecular formula is C32H67NO4. The topological polar surface area (TPSA) is 68.6 Å². The quantitative estimate of drug-likeness (QED) is 0.0523. The second-order valence-corrected chi connectivity index (χ2v) is 9.94. The van der Waals surface area contributed by atoms with E-state index in [1.54, 1.807) is 0 Å². The smallest absolute Gasteiger partial charge is 0.231 e.